The van der Waals surface area contributed by atoms with Crippen molar-refractivity contribution in [2.75, 3.05) is 12.8 Å². The van der Waals surface area contributed by atoms with E-state index in [-0.39, 0.29) is 10.9 Å². The van der Waals surface area contributed by atoms with Crippen LogP contribution in [0.1, 0.15) is 5.56 Å². The highest BCUT2D eigenvalue weighted by atomic mass is 35.5. The van der Waals surface area contributed by atoms with Gasteiger partial charge in [0.25, 0.3) is 0 Å². The monoisotopic (exact) mass is 202 g/mol. The standard InChI is InChI=1S/C7H7ClN2OS/c1-11-7(12)5-4(8)2-3-10-6(5)9/h2-3H,1H3,(H2,9,10). The molecule has 64 valence electrons. The number of nitrogens with zero attached hydrogens (tertiary/aromatic N) is 1. The van der Waals surface area contributed by atoms with Crippen molar-refractivity contribution in [1.82, 2.24) is 4.98 Å². The van der Waals surface area contributed by atoms with Crippen LogP contribution in [0.25, 0.3) is 0 Å². The van der Waals surface area contributed by atoms with E-state index in [1.807, 2.05) is 0 Å². The summed E-state index contributed by atoms with van der Waals surface area (Å²) in [5.74, 6) is 0.286. The van der Waals surface area contributed by atoms with Crippen LogP contribution in [0, 0.1) is 0 Å². The summed E-state index contributed by atoms with van der Waals surface area (Å²) in [6, 6.07) is 1.61. The van der Waals surface area contributed by atoms with Gasteiger partial charge in [0, 0.05) is 6.20 Å². The van der Waals surface area contributed by atoms with Gasteiger partial charge in [-0.05, 0) is 18.3 Å². The number of aromatic nitrogens is 1. The fourth-order valence-corrected chi connectivity index (χ4v) is 1.27. The number of rotatable bonds is 1. The fraction of sp³-hybridized carbons (Fsp3) is 0.143. The van der Waals surface area contributed by atoms with E-state index in [1.54, 1.807) is 6.07 Å². The maximum absolute atomic E-state index is 5.82. The highest BCUT2D eigenvalue weighted by Crippen LogP contribution is 2.20. The Morgan fingerprint density at radius 1 is 1.75 bits per heavy atom. The first-order valence-electron chi connectivity index (χ1n) is 3.15. The van der Waals surface area contributed by atoms with E-state index in [0.717, 1.165) is 0 Å². The van der Waals surface area contributed by atoms with Gasteiger partial charge in [0.2, 0.25) is 0 Å². The molecule has 2 N–H and O–H groups in total. The number of hydrogen-bond donors (Lipinski definition) is 1. The third-order valence-corrected chi connectivity index (χ3v) is 2.00. The van der Waals surface area contributed by atoms with Crippen molar-refractivity contribution in [3.05, 3.63) is 22.8 Å². The van der Waals surface area contributed by atoms with E-state index in [4.69, 9.17) is 34.3 Å². The Bertz CT molecular complexity index is 296. The van der Waals surface area contributed by atoms with Crippen molar-refractivity contribution in [2.24, 2.45) is 0 Å². The Morgan fingerprint density at radius 2 is 2.42 bits per heavy atom. The third kappa shape index (κ3) is 1.65. The van der Waals surface area contributed by atoms with Gasteiger partial charge >= 0.3 is 0 Å². The number of methoxy groups -OCH3 is 1. The number of thiocarbonyl (C=S) groups is 1. The molecule has 0 aliphatic heterocycles. The zero-order valence-electron chi connectivity index (χ0n) is 6.37. The number of pyridine rings is 1. The normalized spacial score (nSPS) is 9.50. The van der Waals surface area contributed by atoms with E-state index < -0.39 is 0 Å². The average molecular weight is 203 g/mol. The Balaban J connectivity index is 3.21. The molecule has 12 heavy (non-hydrogen) atoms. The molecule has 3 nitrogen and oxygen atoms in total. The van der Waals surface area contributed by atoms with Crippen LogP contribution in [0.2, 0.25) is 5.02 Å². The summed E-state index contributed by atoms with van der Waals surface area (Å²) in [5.41, 5.74) is 6.02. The topological polar surface area (TPSA) is 48.1 Å². The first-order valence-corrected chi connectivity index (χ1v) is 3.93. The molecule has 5 heteroatoms. The predicted octanol–water partition coefficient (Wildman–Crippen LogP) is 1.64. The van der Waals surface area contributed by atoms with Gasteiger partial charge < -0.3 is 10.5 Å². The van der Waals surface area contributed by atoms with E-state index >= 15 is 0 Å². The van der Waals surface area contributed by atoms with Crippen LogP contribution in [-0.4, -0.2) is 17.1 Å². The van der Waals surface area contributed by atoms with Crippen molar-refractivity contribution in [1.29, 1.82) is 0 Å². The lowest BCUT2D eigenvalue weighted by Crippen LogP contribution is -2.06. The van der Waals surface area contributed by atoms with Gasteiger partial charge in [0.15, 0.2) is 5.05 Å². The van der Waals surface area contributed by atoms with Gasteiger partial charge in [-0.3, -0.25) is 0 Å². The minimum Gasteiger partial charge on any atom is -0.486 e. The lowest BCUT2D eigenvalue weighted by molar-refractivity contribution is 0.416. The summed E-state index contributed by atoms with van der Waals surface area (Å²) in [4.78, 5) is 3.83. The molecule has 0 radical (unpaired) electrons. The fourth-order valence-electron chi connectivity index (χ4n) is 0.757. The number of nitrogen functional groups attached to an aromatic ring is 1. The second-order valence-electron chi connectivity index (χ2n) is 2.04. The summed E-state index contributed by atoms with van der Waals surface area (Å²) >= 11 is 10.7. The molecule has 0 saturated carbocycles. The molecule has 0 spiro atoms. The lowest BCUT2D eigenvalue weighted by Gasteiger charge is -2.06. The molecule has 1 heterocycles. The number of ether oxygens (including phenoxy) is 1. The molecule has 1 aromatic rings. The Morgan fingerprint density at radius 3 is 2.92 bits per heavy atom. The molecule has 1 rings (SSSR count). The summed E-state index contributed by atoms with van der Waals surface area (Å²) in [5, 5.41) is 0.708. The van der Waals surface area contributed by atoms with Crippen LogP contribution in [-0.2, 0) is 4.74 Å². The molecule has 0 bridgehead atoms. The van der Waals surface area contributed by atoms with Gasteiger partial charge in [-0.25, -0.2) is 4.98 Å². The second-order valence-corrected chi connectivity index (χ2v) is 2.82. The van der Waals surface area contributed by atoms with Crippen LogP contribution >= 0.6 is 23.8 Å². The molecule has 0 fully saturated rings. The highest BCUT2D eigenvalue weighted by Gasteiger charge is 2.10. The smallest absolute Gasteiger partial charge is 0.196 e. The van der Waals surface area contributed by atoms with Crippen molar-refractivity contribution in [3.63, 3.8) is 0 Å². The zero-order chi connectivity index (χ0) is 9.14. The van der Waals surface area contributed by atoms with Gasteiger partial charge in [-0.2, -0.15) is 0 Å². The van der Waals surface area contributed by atoms with Crippen LogP contribution in [0.4, 0.5) is 5.82 Å². The molecule has 1 aromatic heterocycles. The third-order valence-electron chi connectivity index (χ3n) is 1.32. The van der Waals surface area contributed by atoms with E-state index in [2.05, 4.69) is 4.98 Å². The van der Waals surface area contributed by atoms with E-state index in [0.29, 0.717) is 10.6 Å². The van der Waals surface area contributed by atoms with Crippen LogP contribution in [0.15, 0.2) is 12.3 Å². The van der Waals surface area contributed by atoms with Crippen LogP contribution < -0.4 is 5.73 Å². The molecule has 0 saturated heterocycles. The van der Waals surface area contributed by atoms with Crippen molar-refractivity contribution in [3.8, 4) is 0 Å². The van der Waals surface area contributed by atoms with E-state index in [9.17, 15) is 0 Å². The van der Waals surface area contributed by atoms with E-state index in [1.165, 1.54) is 13.3 Å². The molecule has 0 aliphatic rings. The van der Waals surface area contributed by atoms with Gasteiger partial charge in [0.05, 0.1) is 17.7 Å². The summed E-state index contributed by atoms with van der Waals surface area (Å²) in [6.07, 6.45) is 1.51. The molecule has 0 amide bonds. The number of halogens is 1. The molecule has 0 aliphatic carbocycles. The number of anilines is 1. The average Bonchev–Trinajstić information content (AvgIpc) is 2.03. The van der Waals surface area contributed by atoms with Gasteiger partial charge in [0.1, 0.15) is 5.82 Å². The van der Waals surface area contributed by atoms with Crippen LogP contribution in [0.5, 0.6) is 0 Å². The molecular formula is C7H7ClN2OS. The van der Waals surface area contributed by atoms with Crippen molar-refractivity contribution < 1.29 is 4.74 Å². The zero-order valence-corrected chi connectivity index (χ0v) is 7.95. The Kier molecular flexibility index (Phi) is 2.83. The Hall–Kier alpha value is -0.870. The lowest BCUT2D eigenvalue weighted by atomic mass is 10.3. The summed E-state index contributed by atoms with van der Waals surface area (Å²) < 4.78 is 4.82. The van der Waals surface area contributed by atoms with Crippen molar-refractivity contribution in [2.45, 2.75) is 0 Å². The SMILES string of the molecule is COC(=S)c1c(Cl)ccnc1N. The number of nitrogens with two attached hydrogens (primary N) is 1. The molecular weight excluding hydrogens is 196 g/mol. The first kappa shape index (κ1) is 9.22. The van der Waals surface area contributed by atoms with Crippen molar-refractivity contribution >= 4 is 34.7 Å². The summed E-state index contributed by atoms with van der Waals surface area (Å²) in [6.45, 7) is 0. The number of hydrogen-bond acceptors (Lipinski definition) is 4. The highest BCUT2D eigenvalue weighted by molar-refractivity contribution is 7.80. The Labute approximate surface area is 80.5 Å². The molecule has 0 aromatic carbocycles. The maximum atomic E-state index is 5.82. The predicted molar refractivity (Wildman–Crippen MR) is 52.4 cm³/mol. The first-order chi connectivity index (χ1) is 5.66. The molecule has 0 unspecified atom stereocenters. The minimum atomic E-state index is 0.255. The second kappa shape index (κ2) is 3.69. The molecule has 0 atom stereocenters. The van der Waals surface area contributed by atoms with Gasteiger partial charge in [-0.1, -0.05) is 11.6 Å². The summed E-state index contributed by atoms with van der Waals surface area (Å²) in [7, 11) is 1.46. The van der Waals surface area contributed by atoms with Gasteiger partial charge in [-0.15, -0.1) is 0 Å². The maximum Gasteiger partial charge on any atom is 0.196 e. The quantitative estimate of drug-likeness (QED) is 0.704. The van der Waals surface area contributed by atoms with Crippen LogP contribution in [0.3, 0.4) is 0 Å². The largest absolute Gasteiger partial charge is 0.486 e. The minimum absolute atomic E-state index is 0.255.